The van der Waals surface area contributed by atoms with Gasteiger partial charge in [0.1, 0.15) is 5.52 Å². The van der Waals surface area contributed by atoms with E-state index in [9.17, 15) is 8.42 Å². The minimum Gasteiger partial charge on any atom is -0.366 e. The van der Waals surface area contributed by atoms with Gasteiger partial charge in [0, 0.05) is 38.6 Å². The molecule has 24 heavy (non-hydrogen) atoms. The van der Waals surface area contributed by atoms with Gasteiger partial charge in [0.25, 0.3) is 0 Å². The number of benzene rings is 1. The Balaban J connectivity index is 1.84. The molecule has 0 amide bonds. The van der Waals surface area contributed by atoms with E-state index in [2.05, 4.69) is 20.2 Å². The second kappa shape index (κ2) is 5.92. The quantitative estimate of drug-likeness (QED) is 0.759. The molecular weight excluding hydrogens is 324 g/mol. The lowest BCUT2D eigenvalue weighted by Gasteiger charge is -2.28. The van der Waals surface area contributed by atoms with Gasteiger partial charge < -0.3 is 15.2 Å². The van der Waals surface area contributed by atoms with Crippen LogP contribution in [0.15, 0.2) is 58.6 Å². The zero-order chi connectivity index (χ0) is 16.6. The minimum absolute atomic E-state index is 0.264. The van der Waals surface area contributed by atoms with E-state index in [0.717, 1.165) is 31.9 Å². The average Bonchev–Trinajstić information content (AvgIpc) is 3.07. The number of H-pyrrole nitrogens is 1. The number of anilines is 1. The topological polar surface area (TPSA) is 78.1 Å². The van der Waals surface area contributed by atoms with Crippen molar-refractivity contribution in [1.82, 2.24) is 15.3 Å². The van der Waals surface area contributed by atoms with Crippen molar-refractivity contribution in [2.24, 2.45) is 0 Å². The Morgan fingerprint density at radius 3 is 2.54 bits per heavy atom. The first kappa shape index (κ1) is 15.2. The summed E-state index contributed by atoms with van der Waals surface area (Å²) in [6.07, 6.45) is 3.42. The summed E-state index contributed by atoms with van der Waals surface area (Å²) < 4.78 is 25.9. The summed E-state index contributed by atoms with van der Waals surface area (Å²) in [4.78, 5) is 10.3. The van der Waals surface area contributed by atoms with Gasteiger partial charge in [-0.25, -0.2) is 8.42 Å². The smallest absolute Gasteiger partial charge is 0.208 e. The van der Waals surface area contributed by atoms with E-state index >= 15 is 0 Å². The molecule has 1 aliphatic rings. The fourth-order valence-corrected chi connectivity index (χ4v) is 4.52. The lowest BCUT2D eigenvalue weighted by Crippen LogP contribution is -2.43. The maximum atomic E-state index is 13.0. The van der Waals surface area contributed by atoms with Gasteiger partial charge in [-0.2, -0.15) is 0 Å². The lowest BCUT2D eigenvalue weighted by molar-refractivity contribution is 0.590. The van der Waals surface area contributed by atoms with Gasteiger partial charge in [-0.05, 0) is 18.2 Å². The maximum Gasteiger partial charge on any atom is 0.208 e. The fraction of sp³-hybridized carbons (Fsp3) is 0.235. The molecule has 1 aliphatic heterocycles. The minimum atomic E-state index is -3.59. The maximum absolute atomic E-state index is 13.0. The number of aromatic amines is 1. The molecule has 7 heteroatoms. The van der Waals surface area contributed by atoms with Crippen LogP contribution in [-0.2, 0) is 9.84 Å². The van der Waals surface area contributed by atoms with Crippen LogP contribution < -0.4 is 10.2 Å². The third kappa shape index (κ3) is 2.46. The first-order valence-corrected chi connectivity index (χ1v) is 9.38. The SMILES string of the molecule is O=S(=O)(c1ccccc1)c1ccnc2c(N3CCNCC3)c[nH]c12. The van der Waals surface area contributed by atoms with Gasteiger partial charge in [-0.1, -0.05) is 18.2 Å². The first-order valence-electron chi connectivity index (χ1n) is 7.90. The zero-order valence-corrected chi connectivity index (χ0v) is 13.9. The Labute approximate surface area is 140 Å². The molecule has 2 aromatic heterocycles. The van der Waals surface area contributed by atoms with Gasteiger partial charge in [-0.15, -0.1) is 0 Å². The second-order valence-electron chi connectivity index (χ2n) is 5.76. The van der Waals surface area contributed by atoms with E-state index in [-0.39, 0.29) is 9.79 Å². The predicted molar refractivity (Wildman–Crippen MR) is 93.1 cm³/mol. The Morgan fingerprint density at radius 2 is 1.79 bits per heavy atom. The molecule has 124 valence electrons. The fourth-order valence-electron chi connectivity index (χ4n) is 3.08. The highest BCUT2D eigenvalue weighted by atomic mass is 32.2. The first-order chi connectivity index (χ1) is 11.7. The van der Waals surface area contributed by atoms with Crippen molar-refractivity contribution in [2.75, 3.05) is 31.1 Å². The molecule has 4 rings (SSSR count). The predicted octanol–water partition coefficient (Wildman–Crippen LogP) is 1.81. The van der Waals surface area contributed by atoms with Gasteiger partial charge in [0.05, 0.1) is 21.0 Å². The van der Waals surface area contributed by atoms with Crippen LogP contribution in [-0.4, -0.2) is 44.6 Å². The van der Waals surface area contributed by atoms with Crippen LogP contribution in [0.25, 0.3) is 11.0 Å². The average molecular weight is 342 g/mol. The number of fused-ring (bicyclic) bond motifs is 1. The number of rotatable bonds is 3. The number of hydrogen-bond acceptors (Lipinski definition) is 5. The molecule has 0 bridgehead atoms. The Bertz CT molecular complexity index is 961. The van der Waals surface area contributed by atoms with Crippen molar-refractivity contribution in [3.8, 4) is 0 Å². The van der Waals surface area contributed by atoms with Crippen LogP contribution in [0.3, 0.4) is 0 Å². The third-order valence-corrected chi connectivity index (χ3v) is 6.12. The van der Waals surface area contributed by atoms with Crippen molar-refractivity contribution < 1.29 is 8.42 Å². The summed E-state index contributed by atoms with van der Waals surface area (Å²) in [5.41, 5.74) is 2.22. The number of nitrogens with zero attached hydrogens (tertiary/aromatic N) is 2. The largest absolute Gasteiger partial charge is 0.366 e. The summed E-state index contributed by atoms with van der Waals surface area (Å²) in [5, 5.41) is 3.31. The molecule has 6 nitrogen and oxygen atoms in total. The zero-order valence-electron chi connectivity index (χ0n) is 13.1. The van der Waals surface area contributed by atoms with E-state index in [1.807, 2.05) is 6.20 Å². The van der Waals surface area contributed by atoms with Gasteiger partial charge in [0.2, 0.25) is 9.84 Å². The van der Waals surface area contributed by atoms with Gasteiger partial charge >= 0.3 is 0 Å². The second-order valence-corrected chi connectivity index (χ2v) is 7.68. The molecule has 3 aromatic rings. The summed E-state index contributed by atoms with van der Waals surface area (Å²) >= 11 is 0. The normalized spacial score (nSPS) is 15.8. The van der Waals surface area contributed by atoms with Crippen molar-refractivity contribution in [2.45, 2.75) is 9.79 Å². The molecule has 0 unspecified atom stereocenters. The molecule has 0 saturated carbocycles. The Kier molecular flexibility index (Phi) is 3.74. The van der Waals surface area contributed by atoms with Crippen LogP contribution in [0.1, 0.15) is 0 Å². The molecule has 3 heterocycles. The Morgan fingerprint density at radius 1 is 1.04 bits per heavy atom. The summed E-state index contributed by atoms with van der Waals surface area (Å²) in [6, 6.07) is 10.0. The number of piperazine rings is 1. The summed E-state index contributed by atoms with van der Waals surface area (Å²) in [7, 11) is -3.59. The molecule has 0 spiro atoms. The molecular formula is C17H18N4O2S. The van der Waals surface area contributed by atoms with Crippen molar-refractivity contribution in [3.05, 3.63) is 48.8 Å². The van der Waals surface area contributed by atoms with Crippen LogP contribution in [0.2, 0.25) is 0 Å². The molecule has 1 saturated heterocycles. The van der Waals surface area contributed by atoms with Gasteiger partial charge in [-0.3, -0.25) is 4.98 Å². The Hall–Kier alpha value is -2.38. The molecule has 1 fully saturated rings. The summed E-state index contributed by atoms with van der Waals surface area (Å²) in [6.45, 7) is 3.58. The number of sulfone groups is 1. The van der Waals surface area contributed by atoms with E-state index in [0.29, 0.717) is 11.0 Å². The van der Waals surface area contributed by atoms with E-state index in [1.54, 1.807) is 42.6 Å². The van der Waals surface area contributed by atoms with Crippen LogP contribution in [0.5, 0.6) is 0 Å². The van der Waals surface area contributed by atoms with Crippen molar-refractivity contribution >= 4 is 26.6 Å². The lowest BCUT2D eigenvalue weighted by atomic mass is 10.3. The molecule has 1 aromatic carbocycles. The highest BCUT2D eigenvalue weighted by Crippen LogP contribution is 2.31. The van der Waals surface area contributed by atoms with E-state index in [4.69, 9.17) is 0 Å². The molecule has 0 aliphatic carbocycles. The van der Waals surface area contributed by atoms with Crippen molar-refractivity contribution in [3.63, 3.8) is 0 Å². The van der Waals surface area contributed by atoms with Crippen LogP contribution in [0, 0.1) is 0 Å². The number of nitrogens with one attached hydrogen (secondary N) is 2. The number of hydrogen-bond donors (Lipinski definition) is 2. The molecule has 2 N–H and O–H groups in total. The van der Waals surface area contributed by atoms with Gasteiger partial charge in [0.15, 0.2) is 0 Å². The highest BCUT2D eigenvalue weighted by Gasteiger charge is 2.24. The molecule has 0 radical (unpaired) electrons. The van der Waals surface area contributed by atoms with E-state index < -0.39 is 9.84 Å². The van der Waals surface area contributed by atoms with Crippen LogP contribution in [0.4, 0.5) is 5.69 Å². The third-order valence-electron chi connectivity index (χ3n) is 4.31. The standard InChI is InChI=1S/C17H18N4O2S/c22-24(23,13-4-2-1-3-5-13)15-6-7-19-16-14(12-20-17(15)16)21-10-8-18-9-11-21/h1-7,12,18,20H,8-11H2. The number of pyridine rings is 1. The van der Waals surface area contributed by atoms with E-state index in [1.165, 1.54) is 0 Å². The number of aromatic nitrogens is 2. The van der Waals surface area contributed by atoms with Crippen LogP contribution >= 0.6 is 0 Å². The summed E-state index contributed by atoms with van der Waals surface area (Å²) in [5.74, 6) is 0. The molecule has 0 atom stereocenters. The highest BCUT2D eigenvalue weighted by molar-refractivity contribution is 7.91. The monoisotopic (exact) mass is 342 g/mol. The van der Waals surface area contributed by atoms with Crippen molar-refractivity contribution in [1.29, 1.82) is 0 Å².